The zero-order valence-corrected chi connectivity index (χ0v) is 9.94. The van der Waals surface area contributed by atoms with Crippen molar-refractivity contribution in [1.29, 1.82) is 0 Å². The molecule has 0 N–H and O–H groups in total. The van der Waals surface area contributed by atoms with Gasteiger partial charge in [-0.25, -0.2) is 9.97 Å². The van der Waals surface area contributed by atoms with Gasteiger partial charge >= 0.3 is 0 Å². The molecule has 3 heteroatoms. The van der Waals surface area contributed by atoms with E-state index in [4.69, 9.17) is 0 Å². The number of aromatic nitrogens is 2. The summed E-state index contributed by atoms with van der Waals surface area (Å²) in [5.41, 5.74) is 1.03. The normalized spacial score (nSPS) is 20.6. The van der Waals surface area contributed by atoms with Crippen molar-refractivity contribution in [2.24, 2.45) is 5.41 Å². The predicted molar refractivity (Wildman–Crippen MR) is 62.4 cm³/mol. The first-order valence-corrected chi connectivity index (χ1v) is 5.88. The van der Waals surface area contributed by atoms with Crippen LogP contribution in [0.2, 0.25) is 0 Å². The zero-order valence-electron chi connectivity index (χ0n) is 9.94. The van der Waals surface area contributed by atoms with Gasteiger partial charge in [0.05, 0.1) is 5.56 Å². The first-order valence-electron chi connectivity index (χ1n) is 5.88. The van der Waals surface area contributed by atoms with E-state index < -0.39 is 0 Å². The lowest BCUT2D eigenvalue weighted by Crippen LogP contribution is -2.21. The summed E-state index contributed by atoms with van der Waals surface area (Å²) in [5.74, 6) is 1.38. The Kier molecular flexibility index (Phi) is 3.03. The molecule has 0 aromatic carbocycles. The molecule has 3 nitrogen and oxygen atoms in total. The highest BCUT2D eigenvalue weighted by Crippen LogP contribution is 2.41. The van der Waals surface area contributed by atoms with Gasteiger partial charge in [-0.3, -0.25) is 4.79 Å². The molecule has 1 aromatic rings. The molecule has 0 spiro atoms. The van der Waals surface area contributed by atoms with Crippen LogP contribution in [0.4, 0.5) is 0 Å². The van der Waals surface area contributed by atoms with Crippen molar-refractivity contribution in [3.8, 4) is 0 Å². The Bertz CT molecular complexity index is 360. The van der Waals surface area contributed by atoms with Gasteiger partial charge in [-0.1, -0.05) is 13.8 Å². The molecule has 1 saturated carbocycles. The second-order valence-electron chi connectivity index (χ2n) is 5.43. The van der Waals surface area contributed by atoms with E-state index in [9.17, 15) is 4.79 Å². The quantitative estimate of drug-likeness (QED) is 0.717. The molecule has 1 aromatic heterocycles. The number of hydrogen-bond acceptors (Lipinski definition) is 3. The van der Waals surface area contributed by atoms with Crippen molar-refractivity contribution >= 4 is 6.29 Å². The summed E-state index contributed by atoms with van der Waals surface area (Å²) in [4.78, 5) is 19.1. The SMILES string of the molecule is CC1(C)CCC(c2ncc(C=O)cn2)CC1. The van der Waals surface area contributed by atoms with Crippen LogP contribution in [0.25, 0.3) is 0 Å². The van der Waals surface area contributed by atoms with E-state index in [1.54, 1.807) is 12.4 Å². The van der Waals surface area contributed by atoms with E-state index in [1.807, 2.05) is 0 Å². The Labute approximate surface area is 96.3 Å². The molecule has 0 aliphatic heterocycles. The van der Waals surface area contributed by atoms with Crippen LogP contribution in [-0.4, -0.2) is 16.3 Å². The summed E-state index contributed by atoms with van der Waals surface area (Å²) in [7, 11) is 0. The topological polar surface area (TPSA) is 42.9 Å². The maximum atomic E-state index is 10.5. The molecule has 1 aliphatic rings. The third-order valence-corrected chi connectivity index (χ3v) is 3.53. The van der Waals surface area contributed by atoms with Crippen molar-refractivity contribution < 1.29 is 4.79 Å². The number of rotatable bonds is 2. The van der Waals surface area contributed by atoms with Crippen molar-refractivity contribution in [3.05, 3.63) is 23.8 Å². The lowest BCUT2D eigenvalue weighted by atomic mass is 9.73. The Morgan fingerprint density at radius 3 is 2.31 bits per heavy atom. The minimum atomic E-state index is 0.471. The van der Waals surface area contributed by atoms with Crippen LogP contribution >= 0.6 is 0 Å². The second-order valence-corrected chi connectivity index (χ2v) is 5.43. The van der Waals surface area contributed by atoms with Crippen LogP contribution in [-0.2, 0) is 0 Å². The molecule has 1 aliphatic carbocycles. The van der Waals surface area contributed by atoms with Crippen LogP contribution in [0, 0.1) is 5.41 Å². The predicted octanol–water partition coefficient (Wildman–Crippen LogP) is 2.97. The van der Waals surface area contributed by atoms with Crippen LogP contribution in [0.5, 0.6) is 0 Å². The van der Waals surface area contributed by atoms with Crippen LogP contribution in [0.15, 0.2) is 12.4 Å². The Morgan fingerprint density at radius 2 is 1.81 bits per heavy atom. The maximum Gasteiger partial charge on any atom is 0.153 e. The fourth-order valence-electron chi connectivity index (χ4n) is 2.28. The first kappa shape index (κ1) is 11.2. The van der Waals surface area contributed by atoms with Crippen LogP contribution in [0.3, 0.4) is 0 Å². The van der Waals surface area contributed by atoms with E-state index in [2.05, 4.69) is 23.8 Å². The van der Waals surface area contributed by atoms with Gasteiger partial charge in [0.25, 0.3) is 0 Å². The Morgan fingerprint density at radius 1 is 1.25 bits per heavy atom. The largest absolute Gasteiger partial charge is 0.298 e. The van der Waals surface area contributed by atoms with E-state index in [-0.39, 0.29) is 0 Å². The zero-order chi connectivity index (χ0) is 11.6. The molecule has 1 fully saturated rings. The summed E-state index contributed by atoms with van der Waals surface area (Å²) in [6.07, 6.45) is 8.81. The van der Waals surface area contributed by atoms with Gasteiger partial charge in [-0.05, 0) is 31.1 Å². The molecule has 0 amide bonds. The number of nitrogens with zero attached hydrogens (tertiary/aromatic N) is 2. The minimum absolute atomic E-state index is 0.471. The molecular formula is C13H18N2O. The van der Waals surface area contributed by atoms with E-state index in [1.165, 1.54) is 12.8 Å². The van der Waals surface area contributed by atoms with Gasteiger partial charge in [-0.15, -0.1) is 0 Å². The van der Waals surface area contributed by atoms with Gasteiger partial charge in [0, 0.05) is 18.3 Å². The molecular weight excluding hydrogens is 200 g/mol. The number of carbonyl (C=O) groups excluding carboxylic acids is 1. The van der Waals surface area contributed by atoms with Crippen molar-refractivity contribution in [2.45, 2.75) is 45.4 Å². The molecule has 2 rings (SSSR count). The molecule has 86 valence electrons. The highest BCUT2D eigenvalue weighted by atomic mass is 16.1. The molecule has 0 radical (unpaired) electrons. The van der Waals surface area contributed by atoms with Gasteiger partial charge in [0.1, 0.15) is 5.82 Å². The average Bonchev–Trinajstić information content (AvgIpc) is 2.29. The van der Waals surface area contributed by atoms with E-state index in [0.717, 1.165) is 25.0 Å². The Balaban J connectivity index is 2.05. The smallest absolute Gasteiger partial charge is 0.153 e. The van der Waals surface area contributed by atoms with Gasteiger partial charge in [0.2, 0.25) is 0 Å². The lowest BCUT2D eigenvalue weighted by molar-refractivity contribution is 0.112. The van der Waals surface area contributed by atoms with E-state index >= 15 is 0 Å². The highest BCUT2D eigenvalue weighted by Gasteiger charge is 2.28. The van der Waals surface area contributed by atoms with Crippen molar-refractivity contribution in [2.75, 3.05) is 0 Å². The first-order chi connectivity index (χ1) is 7.61. The third kappa shape index (κ3) is 2.46. The summed E-state index contributed by atoms with van der Waals surface area (Å²) in [6, 6.07) is 0. The summed E-state index contributed by atoms with van der Waals surface area (Å²) < 4.78 is 0. The average molecular weight is 218 g/mol. The fourth-order valence-corrected chi connectivity index (χ4v) is 2.28. The van der Waals surface area contributed by atoms with Gasteiger partial charge in [-0.2, -0.15) is 0 Å². The molecule has 0 saturated heterocycles. The van der Waals surface area contributed by atoms with Crippen LogP contribution < -0.4 is 0 Å². The fraction of sp³-hybridized carbons (Fsp3) is 0.615. The van der Waals surface area contributed by atoms with Crippen molar-refractivity contribution in [1.82, 2.24) is 9.97 Å². The van der Waals surface area contributed by atoms with E-state index in [0.29, 0.717) is 16.9 Å². The Hall–Kier alpha value is -1.25. The van der Waals surface area contributed by atoms with Gasteiger partial charge < -0.3 is 0 Å². The monoisotopic (exact) mass is 218 g/mol. The molecule has 0 bridgehead atoms. The van der Waals surface area contributed by atoms with Crippen LogP contribution in [0.1, 0.15) is 61.6 Å². The summed E-state index contributed by atoms with van der Waals surface area (Å²) in [6.45, 7) is 4.64. The van der Waals surface area contributed by atoms with Crippen molar-refractivity contribution in [3.63, 3.8) is 0 Å². The summed E-state index contributed by atoms with van der Waals surface area (Å²) >= 11 is 0. The molecule has 1 heterocycles. The number of aldehydes is 1. The third-order valence-electron chi connectivity index (χ3n) is 3.53. The standard InChI is InChI=1S/C13H18N2O/c1-13(2)5-3-11(4-6-13)12-14-7-10(9-16)8-15-12/h7-9,11H,3-6H2,1-2H3. The van der Waals surface area contributed by atoms with Gasteiger partial charge in [0.15, 0.2) is 6.29 Å². The highest BCUT2D eigenvalue weighted by molar-refractivity contribution is 5.73. The molecule has 16 heavy (non-hydrogen) atoms. The number of hydrogen-bond donors (Lipinski definition) is 0. The molecule has 0 unspecified atom stereocenters. The minimum Gasteiger partial charge on any atom is -0.298 e. The maximum absolute atomic E-state index is 10.5. The summed E-state index contributed by atoms with van der Waals surface area (Å²) in [5, 5.41) is 0. The molecule has 0 atom stereocenters. The number of carbonyl (C=O) groups is 1. The second kappa shape index (κ2) is 4.32. The lowest BCUT2D eigenvalue weighted by Gasteiger charge is -2.33.